The lowest BCUT2D eigenvalue weighted by atomic mass is 10.3. The third-order valence-corrected chi connectivity index (χ3v) is 1.94. The second-order valence-corrected chi connectivity index (χ2v) is 4.75. The molecule has 1 aromatic carbocycles. The van der Waals surface area contributed by atoms with Crippen molar-refractivity contribution in [1.82, 2.24) is 0 Å². The highest BCUT2D eigenvalue weighted by atomic mass is 16.5. The topological polar surface area (TPSA) is 29.5 Å². The molecule has 0 saturated carbocycles. The van der Waals surface area contributed by atoms with Gasteiger partial charge in [0.2, 0.25) is 0 Å². The molecule has 0 fully saturated rings. The zero-order valence-corrected chi connectivity index (χ0v) is 9.68. The molecule has 3 heteroatoms. The van der Waals surface area contributed by atoms with Crippen LogP contribution in [0.4, 0.5) is 0 Å². The Hall–Kier alpha value is -1.06. The van der Waals surface area contributed by atoms with Crippen LogP contribution in [0.15, 0.2) is 30.3 Å². The van der Waals surface area contributed by atoms with E-state index in [-0.39, 0.29) is 0 Å². The highest BCUT2D eigenvalue weighted by molar-refractivity contribution is 5.20. The second-order valence-electron chi connectivity index (χ2n) is 4.75. The standard InChI is InChI=1S/C12H20NO2/c1-13(2,3)9-11(14)10-15-12-7-5-4-6-8-12/h4-8,11,14H,9-10H2,1-3H3/q+1/t11-/m0/s1. The average molecular weight is 210 g/mol. The predicted molar refractivity (Wildman–Crippen MR) is 60.8 cm³/mol. The molecule has 0 saturated heterocycles. The summed E-state index contributed by atoms with van der Waals surface area (Å²) in [4.78, 5) is 0. The Morgan fingerprint density at radius 2 is 1.80 bits per heavy atom. The van der Waals surface area contributed by atoms with E-state index in [4.69, 9.17) is 4.74 Å². The van der Waals surface area contributed by atoms with Crippen molar-refractivity contribution in [2.24, 2.45) is 0 Å². The number of nitrogens with zero attached hydrogens (tertiary/aromatic N) is 1. The maximum absolute atomic E-state index is 9.71. The Morgan fingerprint density at radius 3 is 2.33 bits per heavy atom. The van der Waals surface area contributed by atoms with Crippen molar-refractivity contribution in [2.45, 2.75) is 6.10 Å². The number of para-hydroxylation sites is 1. The Bertz CT molecular complexity index is 279. The number of likely N-dealkylation sites (N-methyl/N-ethyl adjacent to an activating group) is 1. The van der Waals surface area contributed by atoms with E-state index in [1.54, 1.807) is 0 Å². The minimum absolute atomic E-state index is 0.347. The van der Waals surface area contributed by atoms with Gasteiger partial charge in [-0.25, -0.2) is 0 Å². The molecule has 3 nitrogen and oxygen atoms in total. The zero-order chi connectivity index (χ0) is 11.3. The van der Waals surface area contributed by atoms with Crippen LogP contribution in [-0.4, -0.2) is 50.0 Å². The van der Waals surface area contributed by atoms with Gasteiger partial charge in [-0.15, -0.1) is 0 Å². The van der Waals surface area contributed by atoms with Gasteiger partial charge in [0.05, 0.1) is 21.1 Å². The summed E-state index contributed by atoms with van der Waals surface area (Å²) in [7, 11) is 6.14. The third kappa shape index (κ3) is 5.40. The largest absolute Gasteiger partial charge is 0.491 e. The first-order valence-electron chi connectivity index (χ1n) is 5.14. The van der Waals surface area contributed by atoms with E-state index >= 15 is 0 Å². The SMILES string of the molecule is C[N+](C)(C)C[C@H](O)COc1ccccc1. The third-order valence-electron chi connectivity index (χ3n) is 1.94. The van der Waals surface area contributed by atoms with E-state index in [2.05, 4.69) is 0 Å². The summed E-state index contributed by atoms with van der Waals surface area (Å²) in [5, 5.41) is 9.71. The van der Waals surface area contributed by atoms with E-state index in [0.717, 1.165) is 10.2 Å². The minimum Gasteiger partial charge on any atom is -0.491 e. The molecule has 0 aliphatic heterocycles. The molecule has 0 spiro atoms. The number of hydrogen-bond donors (Lipinski definition) is 1. The molecular weight excluding hydrogens is 190 g/mol. The van der Waals surface area contributed by atoms with Crippen LogP contribution >= 0.6 is 0 Å². The predicted octanol–water partition coefficient (Wildman–Crippen LogP) is 1.13. The van der Waals surface area contributed by atoms with Gasteiger partial charge in [0.15, 0.2) is 0 Å². The van der Waals surface area contributed by atoms with Gasteiger partial charge in [0.25, 0.3) is 0 Å². The van der Waals surface area contributed by atoms with E-state index in [1.165, 1.54) is 0 Å². The molecule has 0 amide bonds. The Balaban J connectivity index is 2.32. The fraction of sp³-hybridized carbons (Fsp3) is 0.500. The summed E-state index contributed by atoms with van der Waals surface area (Å²) < 4.78 is 6.19. The van der Waals surface area contributed by atoms with Crippen LogP contribution in [0, 0.1) is 0 Å². The van der Waals surface area contributed by atoms with Crippen molar-refractivity contribution < 1.29 is 14.3 Å². The number of aliphatic hydroxyl groups is 1. The van der Waals surface area contributed by atoms with Crippen LogP contribution in [0.5, 0.6) is 5.75 Å². The van der Waals surface area contributed by atoms with E-state index in [9.17, 15) is 5.11 Å². The summed E-state index contributed by atoms with van der Waals surface area (Å²) in [6.45, 7) is 1.03. The van der Waals surface area contributed by atoms with Gasteiger partial charge in [-0.05, 0) is 12.1 Å². The molecule has 0 aliphatic rings. The van der Waals surface area contributed by atoms with Gasteiger partial charge in [-0.1, -0.05) is 18.2 Å². The van der Waals surface area contributed by atoms with E-state index in [0.29, 0.717) is 13.2 Å². The number of quaternary nitrogens is 1. The minimum atomic E-state index is -0.426. The summed E-state index contributed by atoms with van der Waals surface area (Å²) in [6, 6.07) is 9.55. The lowest BCUT2D eigenvalue weighted by Gasteiger charge is -2.26. The molecule has 84 valence electrons. The molecule has 1 atom stereocenters. The molecule has 0 bridgehead atoms. The number of aliphatic hydroxyl groups excluding tert-OH is 1. The molecule has 0 aliphatic carbocycles. The average Bonchev–Trinajstić information content (AvgIpc) is 2.14. The van der Waals surface area contributed by atoms with Gasteiger partial charge in [0.1, 0.15) is 25.0 Å². The Labute approximate surface area is 91.5 Å². The second kappa shape index (κ2) is 5.14. The first-order chi connectivity index (χ1) is 6.97. The van der Waals surface area contributed by atoms with Crippen LogP contribution in [0.2, 0.25) is 0 Å². The van der Waals surface area contributed by atoms with Gasteiger partial charge < -0.3 is 14.3 Å². The first-order valence-corrected chi connectivity index (χ1v) is 5.14. The van der Waals surface area contributed by atoms with Crippen molar-refractivity contribution in [3.63, 3.8) is 0 Å². The van der Waals surface area contributed by atoms with Crippen LogP contribution in [0.1, 0.15) is 0 Å². The van der Waals surface area contributed by atoms with Crippen molar-refractivity contribution in [2.75, 3.05) is 34.3 Å². The van der Waals surface area contributed by atoms with Crippen molar-refractivity contribution in [3.8, 4) is 5.75 Å². The molecule has 15 heavy (non-hydrogen) atoms. The van der Waals surface area contributed by atoms with Crippen molar-refractivity contribution in [1.29, 1.82) is 0 Å². The normalized spacial score (nSPS) is 13.6. The van der Waals surface area contributed by atoms with Gasteiger partial charge in [-0.2, -0.15) is 0 Å². The van der Waals surface area contributed by atoms with E-state index in [1.807, 2.05) is 51.5 Å². The van der Waals surface area contributed by atoms with Crippen molar-refractivity contribution in [3.05, 3.63) is 30.3 Å². The van der Waals surface area contributed by atoms with Crippen LogP contribution in [0.3, 0.4) is 0 Å². The highest BCUT2D eigenvalue weighted by Gasteiger charge is 2.15. The van der Waals surface area contributed by atoms with Crippen molar-refractivity contribution >= 4 is 0 Å². The summed E-state index contributed by atoms with van der Waals surface area (Å²) in [5.74, 6) is 0.804. The quantitative estimate of drug-likeness (QED) is 0.738. The maximum atomic E-state index is 9.71. The Kier molecular flexibility index (Phi) is 4.12. The fourth-order valence-electron chi connectivity index (χ4n) is 1.39. The zero-order valence-electron chi connectivity index (χ0n) is 9.68. The first kappa shape index (κ1) is 12.0. The molecule has 0 heterocycles. The highest BCUT2D eigenvalue weighted by Crippen LogP contribution is 2.08. The van der Waals surface area contributed by atoms with Crippen LogP contribution in [-0.2, 0) is 0 Å². The summed E-state index contributed by atoms with van der Waals surface area (Å²) >= 11 is 0. The fourth-order valence-corrected chi connectivity index (χ4v) is 1.39. The smallest absolute Gasteiger partial charge is 0.137 e. The molecule has 0 unspecified atom stereocenters. The number of rotatable bonds is 5. The molecule has 0 radical (unpaired) electrons. The number of hydrogen-bond acceptors (Lipinski definition) is 2. The van der Waals surface area contributed by atoms with Gasteiger partial charge in [-0.3, -0.25) is 0 Å². The molecular formula is C12H20NO2+. The van der Waals surface area contributed by atoms with Crippen LogP contribution in [0.25, 0.3) is 0 Å². The molecule has 1 aromatic rings. The molecule has 0 aromatic heterocycles. The Morgan fingerprint density at radius 1 is 1.20 bits per heavy atom. The lowest BCUT2D eigenvalue weighted by Crippen LogP contribution is -2.43. The maximum Gasteiger partial charge on any atom is 0.137 e. The number of benzene rings is 1. The molecule has 1 rings (SSSR count). The van der Waals surface area contributed by atoms with Gasteiger partial charge >= 0.3 is 0 Å². The van der Waals surface area contributed by atoms with E-state index < -0.39 is 6.10 Å². The van der Waals surface area contributed by atoms with Gasteiger partial charge in [0, 0.05) is 0 Å². The monoisotopic (exact) mass is 210 g/mol. The summed E-state index contributed by atoms with van der Waals surface area (Å²) in [6.07, 6.45) is -0.426. The van der Waals surface area contributed by atoms with Crippen LogP contribution < -0.4 is 4.74 Å². The summed E-state index contributed by atoms with van der Waals surface area (Å²) in [5.41, 5.74) is 0. The molecule has 1 N–H and O–H groups in total. The number of ether oxygens (including phenoxy) is 1. The lowest BCUT2D eigenvalue weighted by molar-refractivity contribution is -0.873.